The highest BCUT2D eigenvalue weighted by Crippen LogP contribution is 2.41. The molecule has 0 aliphatic carbocycles. The normalized spacial score (nSPS) is 31.6. The van der Waals surface area contributed by atoms with Crippen molar-refractivity contribution in [2.24, 2.45) is 0 Å². The molecule has 2 aromatic rings. The average Bonchev–Trinajstić information content (AvgIpc) is 2.66. The van der Waals surface area contributed by atoms with Crippen LogP contribution in [0.25, 0.3) is 0 Å². The molecule has 1 aliphatic rings. The van der Waals surface area contributed by atoms with Gasteiger partial charge in [0, 0.05) is 11.3 Å². The largest absolute Gasteiger partial charge is 0.497 e. The summed E-state index contributed by atoms with van der Waals surface area (Å²) in [6, 6.07) is 16.8. The number of ether oxygens (including phenoxy) is 2. The van der Waals surface area contributed by atoms with Crippen LogP contribution in [0.2, 0.25) is 0 Å². The van der Waals surface area contributed by atoms with Gasteiger partial charge in [-0.25, -0.2) is 0 Å². The van der Waals surface area contributed by atoms with E-state index in [1.165, 1.54) is 11.8 Å². The fraction of sp³-hybridized carbons (Fsp3) is 0.400. The molecule has 0 amide bonds. The van der Waals surface area contributed by atoms with Crippen molar-refractivity contribution in [1.29, 1.82) is 0 Å². The van der Waals surface area contributed by atoms with Gasteiger partial charge in [0.2, 0.25) is 0 Å². The second kappa shape index (κ2) is 7.98. The van der Waals surface area contributed by atoms with Crippen LogP contribution >= 0.6 is 11.8 Å². The van der Waals surface area contributed by atoms with Gasteiger partial charge in [-0.3, -0.25) is 0 Å². The molecule has 6 heteroatoms. The van der Waals surface area contributed by atoms with Gasteiger partial charge in [-0.15, -0.1) is 0 Å². The predicted octanol–water partition coefficient (Wildman–Crippen LogP) is 2.23. The second-order valence-corrected chi connectivity index (χ2v) is 7.69. The van der Waals surface area contributed by atoms with Crippen LogP contribution in [-0.2, 0) is 11.2 Å². The van der Waals surface area contributed by atoms with Crippen LogP contribution in [0.1, 0.15) is 12.5 Å². The maximum Gasteiger partial charge on any atom is 0.139 e. The summed E-state index contributed by atoms with van der Waals surface area (Å²) >= 11 is 1.34. The Balaban J connectivity index is 1.88. The molecule has 0 radical (unpaired) electrons. The first-order valence-electron chi connectivity index (χ1n) is 8.52. The molecule has 5 atom stereocenters. The SMILES string of the molecule is COc1ccc(C[C@@]2(O)C(Sc3ccccc3)O[C@@H](C)[C@@H](O)[C@H]2O)cc1. The Bertz CT molecular complexity index is 708. The van der Waals surface area contributed by atoms with Crippen molar-refractivity contribution < 1.29 is 24.8 Å². The second-order valence-electron chi connectivity index (χ2n) is 6.56. The number of rotatable bonds is 5. The molecule has 1 fully saturated rings. The van der Waals surface area contributed by atoms with Crippen molar-refractivity contribution in [3.63, 3.8) is 0 Å². The van der Waals surface area contributed by atoms with Gasteiger partial charge in [-0.1, -0.05) is 42.1 Å². The Morgan fingerprint density at radius 2 is 1.73 bits per heavy atom. The summed E-state index contributed by atoms with van der Waals surface area (Å²) in [5.74, 6) is 0.713. The van der Waals surface area contributed by atoms with E-state index in [2.05, 4.69) is 0 Å². The summed E-state index contributed by atoms with van der Waals surface area (Å²) in [6.07, 6.45) is -2.92. The summed E-state index contributed by atoms with van der Waals surface area (Å²) in [7, 11) is 1.59. The van der Waals surface area contributed by atoms with Gasteiger partial charge >= 0.3 is 0 Å². The highest BCUT2D eigenvalue weighted by atomic mass is 32.2. The minimum absolute atomic E-state index is 0.145. The average molecular weight is 376 g/mol. The quantitative estimate of drug-likeness (QED) is 0.743. The third kappa shape index (κ3) is 3.89. The number of aliphatic hydroxyl groups excluding tert-OH is 2. The summed E-state index contributed by atoms with van der Waals surface area (Å²) < 4.78 is 11.0. The van der Waals surface area contributed by atoms with E-state index in [9.17, 15) is 15.3 Å². The van der Waals surface area contributed by atoms with Crippen LogP contribution in [0, 0.1) is 0 Å². The first-order chi connectivity index (χ1) is 12.4. The lowest BCUT2D eigenvalue weighted by Crippen LogP contribution is -2.65. The monoisotopic (exact) mass is 376 g/mol. The molecule has 1 aliphatic heterocycles. The van der Waals surface area contributed by atoms with Crippen molar-refractivity contribution in [1.82, 2.24) is 0 Å². The van der Waals surface area contributed by atoms with Crippen molar-refractivity contribution in [2.75, 3.05) is 7.11 Å². The molecule has 1 unspecified atom stereocenters. The van der Waals surface area contributed by atoms with Crippen molar-refractivity contribution in [3.8, 4) is 5.75 Å². The van der Waals surface area contributed by atoms with E-state index in [0.717, 1.165) is 10.5 Å². The molecule has 1 saturated heterocycles. The predicted molar refractivity (Wildman–Crippen MR) is 100 cm³/mol. The molecule has 0 spiro atoms. The minimum atomic E-state index is -1.64. The van der Waals surface area contributed by atoms with E-state index in [1.807, 2.05) is 42.5 Å². The maximum atomic E-state index is 11.3. The maximum absolute atomic E-state index is 11.3. The lowest BCUT2D eigenvalue weighted by atomic mass is 9.83. The van der Waals surface area contributed by atoms with E-state index < -0.39 is 29.3 Å². The molecule has 2 aromatic carbocycles. The zero-order chi connectivity index (χ0) is 18.7. The van der Waals surface area contributed by atoms with E-state index in [1.54, 1.807) is 26.2 Å². The van der Waals surface area contributed by atoms with Crippen LogP contribution in [0.15, 0.2) is 59.5 Å². The molecule has 3 N–H and O–H groups in total. The minimum Gasteiger partial charge on any atom is -0.497 e. The fourth-order valence-corrected chi connectivity index (χ4v) is 4.31. The number of aliphatic hydroxyl groups is 3. The molecular weight excluding hydrogens is 352 g/mol. The molecule has 5 nitrogen and oxygen atoms in total. The third-order valence-electron chi connectivity index (χ3n) is 4.70. The van der Waals surface area contributed by atoms with Gasteiger partial charge in [-0.2, -0.15) is 0 Å². The molecule has 3 rings (SSSR count). The van der Waals surface area contributed by atoms with Crippen LogP contribution in [-0.4, -0.2) is 51.8 Å². The Morgan fingerprint density at radius 1 is 1.08 bits per heavy atom. The molecule has 0 aromatic heterocycles. The summed E-state index contributed by atoms with van der Waals surface area (Å²) in [6.45, 7) is 1.69. The van der Waals surface area contributed by atoms with Gasteiger partial charge in [0.05, 0.1) is 13.2 Å². The Hall–Kier alpha value is -1.57. The van der Waals surface area contributed by atoms with Gasteiger partial charge < -0.3 is 24.8 Å². The number of hydrogen-bond acceptors (Lipinski definition) is 6. The van der Waals surface area contributed by atoms with Gasteiger partial charge in [0.15, 0.2) is 0 Å². The zero-order valence-electron chi connectivity index (χ0n) is 14.8. The standard InChI is InChI=1S/C20H24O5S/c1-13-17(21)18(22)20(23,12-14-8-10-15(24-2)11-9-14)19(25-13)26-16-6-4-3-5-7-16/h3-11,13,17-19,21-23H,12H2,1-2H3/t13-,17+,18+,19?,20-/m0/s1. The van der Waals surface area contributed by atoms with Crippen molar-refractivity contribution in [3.05, 3.63) is 60.2 Å². The van der Waals surface area contributed by atoms with Gasteiger partial charge in [0.25, 0.3) is 0 Å². The lowest BCUT2D eigenvalue weighted by Gasteiger charge is -2.47. The number of methoxy groups -OCH3 is 1. The number of thioether (sulfide) groups is 1. The highest BCUT2D eigenvalue weighted by molar-refractivity contribution is 7.99. The Labute approximate surface area is 157 Å². The topological polar surface area (TPSA) is 79.2 Å². The summed E-state index contributed by atoms with van der Waals surface area (Å²) in [4.78, 5) is 0.918. The Kier molecular flexibility index (Phi) is 5.89. The van der Waals surface area contributed by atoms with Gasteiger partial charge in [-0.05, 0) is 36.8 Å². The van der Waals surface area contributed by atoms with Crippen LogP contribution in [0.5, 0.6) is 5.75 Å². The smallest absolute Gasteiger partial charge is 0.139 e. The fourth-order valence-electron chi connectivity index (χ4n) is 3.10. The molecular formula is C20H24O5S. The summed E-state index contributed by atoms with van der Waals surface area (Å²) in [5, 5.41) is 32.3. The van der Waals surface area contributed by atoms with E-state index in [4.69, 9.17) is 9.47 Å². The lowest BCUT2D eigenvalue weighted by molar-refractivity contribution is -0.241. The van der Waals surface area contributed by atoms with Crippen LogP contribution in [0.4, 0.5) is 0 Å². The summed E-state index contributed by atoms with van der Waals surface area (Å²) in [5.41, 5.74) is -1.54. The van der Waals surface area contributed by atoms with E-state index in [0.29, 0.717) is 5.75 Å². The molecule has 0 saturated carbocycles. The van der Waals surface area contributed by atoms with Crippen LogP contribution < -0.4 is 4.74 Å². The highest BCUT2D eigenvalue weighted by Gasteiger charge is 2.53. The van der Waals surface area contributed by atoms with E-state index in [-0.39, 0.29) is 6.42 Å². The first-order valence-corrected chi connectivity index (χ1v) is 9.40. The number of benzene rings is 2. The zero-order valence-corrected chi connectivity index (χ0v) is 15.6. The van der Waals surface area contributed by atoms with Crippen molar-refractivity contribution >= 4 is 11.8 Å². The third-order valence-corrected chi connectivity index (χ3v) is 5.97. The number of hydrogen-bond donors (Lipinski definition) is 3. The van der Waals surface area contributed by atoms with Crippen LogP contribution in [0.3, 0.4) is 0 Å². The van der Waals surface area contributed by atoms with E-state index >= 15 is 0 Å². The van der Waals surface area contributed by atoms with Crippen molar-refractivity contribution in [2.45, 2.75) is 47.6 Å². The molecule has 0 bridgehead atoms. The first kappa shape index (κ1) is 19.2. The van der Waals surface area contributed by atoms with Gasteiger partial charge in [0.1, 0.15) is 29.0 Å². The molecule has 1 heterocycles. The Morgan fingerprint density at radius 3 is 2.35 bits per heavy atom. The molecule has 26 heavy (non-hydrogen) atoms. The molecule has 140 valence electrons.